The van der Waals surface area contributed by atoms with Crippen LogP contribution < -0.4 is 10.6 Å². The van der Waals surface area contributed by atoms with E-state index >= 15 is 0 Å². The van der Waals surface area contributed by atoms with Crippen molar-refractivity contribution in [2.45, 2.75) is 20.4 Å². The predicted molar refractivity (Wildman–Crippen MR) is 79.2 cm³/mol. The molecular formula is C14H15N3O2S. The molecule has 0 bridgehead atoms. The number of hydrogen-bond donors (Lipinski definition) is 2. The van der Waals surface area contributed by atoms with Gasteiger partial charge in [-0.25, -0.2) is 9.78 Å². The maximum Gasteiger partial charge on any atom is 0.319 e. The number of anilines is 1. The third-order valence-electron chi connectivity index (χ3n) is 2.62. The number of nitrogens with one attached hydrogen (secondary N) is 2. The van der Waals surface area contributed by atoms with Crippen molar-refractivity contribution in [3.05, 3.63) is 45.9 Å². The van der Waals surface area contributed by atoms with Crippen molar-refractivity contribution in [1.29, 1.82) is 0 Å². The number of carbonyl (C=O) groups excluding carboxylic acids is 2. The van der Waals surface area contributed by atoms with Gasteiger partial charge < -0.3 is 10.6 Å². The molecule has 2 aromatic rings. The molecule has 0 unspecified atom stereocenters. The summed E-state index contributed by atoms with van der Waals surface area (Å²) in [5, 5.41) is 6.30. The van der Waals surface area contributed by atoms with Crippen LogP contribution in [-0.2, 0) is 6.54 Å². The Kier molecular flexibility index (Phi) is 4.47. The van der Waals surface area contributed by atoms with Gasteiger partial charge >= 0.3 is 6.03 Å². The van der Waals surface area contributed by atoms with Crippen LogP contribution in [0.2, 0.25) is 0 Å². The van der Waals surface area contributed by atoms with Crippen molar-refractivity contribution in [2.24, 2.45) is 0 Å². The molecule has 5 nitrogen and oxygen atoms in total. The summed E-state index contributed by atoms with van der Waals surface area (Å²) in [7, 11) is 0. The van der Waals surface area contributed by atoms with Gasteiger partial charge in [0.2, 0.25) is 0 Å². The summed E-state index contributed by atoms with van der Waals surface area (Å²) in [6.07, 6.45) is 1.78. The average molecular weight is 289 g/mol. The monoisotopic (exact) mass is 289 g/mol. The molecule has 2 amide bonds. The van der Waals surface area contributed by atoms with E-state index in [0.717, 1.165) is 9.88 Å². The second kappa shape index (κ2) is 6.29. The summed E-state index contributed by atoms with van der Waals surface area (Å²) >= 11 is 1.55. The number of aromatic nitrogens is 1. The minimum absolute atomic E-state index is 0.000131. The second-order valence-corrected chi connectivity index (χ2v) is 5.63. The van der Waals surface area contributed by atoms with Crippen LogP contribution in [0, 0.1) is 6.92 Å². The van der Waals surface area contributed by atoms with Crippen LogP contribution in [0.1, 0.15) is 27.2 Å². The summed E-state index contributed by atoms with van der Waals surface area (Å²) in [4.78, 5) is 28.1. The molecule has 0 fully saturated rings. The maximum atomic E-state index is 11.7. The van der Waals surface area contributed by atoms with Gasteiger partial charge in [0.1, 0.15) is 5.01 Å². The number of urea groups is 1. The smallest absolute Gasteiger partial charge is 0.319 e. The lowest BCUT2D eigenvalue weighted by Crippen LogP contribution is -2.28. The van der Waals surface area contributed by atoms with E-state index < -0.39 is 0 Å². The van der Waals surface area contributed by atoms with E-state index in [1.165, 1.54) is 6.92 Å². The van der Waals surface area contributed by atoms with Gasteiger partial charge in [0.15, 0.2) is 5.78 Å². The first-order valence-corrected chi connectivity index (χ1v) is 6.93. The van der Waals surface area contributed by atoms with E-state index in [-0.39, 0.29) is 11.8 Å². The lowest BCUT2D eigenvalue weighted by atomic mass is 10.1. The van der Waals surface area contributed by atoms with Gasteiger partial charge in [0.25, 0.3) is 0 Å². The predicted octanol–water partition coefficient (Wildman–Crippen LogP) is 2.98. The first kappa shape index (κ1) is 14.2. The van der Waals surface area contributed by atoms with Gasteiger partial charge in [-0.05, 0) is 38.1 Å². The lowest BCUT2D eigenvalue weighted by Gasteiger charge is -2.06. The van der Waals surface area contributed by atoms with Gasteiger partial charge in [-0.1, -0.05) is 0 Å². The van der Waals surface area contributed by atoms with E-state index in [1.807, 2.05) is 6.92 Å². The molecule has 104 valence electrons. The fourth-order valence-corrected chi connectivity index (χ4v) is 2.33. The number of thiazole rings is 1. The average Bonchev–Trinajstić information content (AvgIpc) is 2.83. The molecule has 0 saturated heterocycles. The van der Waals surface area contributed by atoms with Crippen molar-refractivity contribution >= 4 is 28.8 Å². The van der Waals surface area contributed by atoms with Crippen molar-refractivity contribution < 1.29 is 9.59 Å². The number of nitrogens with zero attached hydrogens (tertiary/aromatic N) is 1. The zero-order chi connectivity index (χ0) is 14.5. The highest BCUT2D eigenvalue weighted by Gasteiger charge is 2.04. The molecule has 0 radical (unpaired) electrons. The zero-order valence-corrected chi connectivity index (χ0v) is 12.1. The van der Waals surface area contributed by atoms with E-state index in [2.05, 4.69) is 15.6 Å². The molecular weight excluding hydrogens is 274 g/mol. The summed E-state index contributed by atoms with van der Waals surface area (Å²) in [6, 6.07) is 6.46. The highest BCUT2D eigenvalue weighted by Crippen LogP contribution is 2.11. The third kappa shape index (κ3) is 3.89. The first-order valence-electron chi connectivity index (χ1n) is 6.12. The van der Waals surface area contributed by atoms with Crippen LogP contribution in [0.4, 0.5) is 10.5 Å². The molecule has 2 N–H and O–H groups in total. The van der Waals surface area contributed by atoms with Crippen molar-refractivity contribution in [3.8, 4) is 0 Å². The van der Waals surface area contributed by atoms with E-state index in [1.54, 1.807) is 41.8 Å². The van der Waals surface area contributed by atoms with Crippen LogP contribution in [0.25, 0.3) is 0 Å². The van der Waals surface area contributed by atoms with Crippen molar-refractivity contribution in [3.63, 3.8) is 0 Å². The van der Waals surface area contributed by atoms with E-state index in [0.29, 0.717) is 17.8 Å². The number of aryl methyl sites for hydroxylation is 1. The molecule has 0 atom stereocenters. The van der Waals surface area contributed by atoms with Crippen LogP contribution in [0.3, 0.4) is 0 Å². The van der Waals surface area contributed by atoms with Crippen LogP contribution >= 0.6 is 11.3 Å². The Balaban J connectivity index is 1.86. The maximum absolute atomic E-state index is 11.7. The Hall–Kier alpha value is -2.21. The highest BCUT2D eigenvalue weighted by molar-refractivity contribution is 7.11. The van der Waals surface area contributed by atoms with Gasteiger partial charge in [-0.3, -0.25) is 4.79 Å². The molecule has 20 heavy (non-hydrogen) atoms. The topological polar surface area (TPSA) is 71.1 Å². The number of hydrogen-bond acceptors (Lipinski definition) is 4. The number of rotatable bonds is 4. The molecule has 1 heterocycles. The Morgan fingerprint density at radius 3 is 2.50 bits per heavy atom. The standard InChI is InChI=1S/C14H15N3O2S/c1-9-7-15-13(20-9)8-16-14(19)17-12-5-3-11(4-6-12)10(2)18/h3-7H,8H2,1-2H3,(H2,16,17,19). The fourth-order valence-electron chi connectivity index (χ4n) is 1.60. The fraction of sp³-hybridized carbons (Fsp3) is 0.214. The van der Waals surface area contributed by atoms with Gasteiger partial charge in [0, 0.05) is 22.3 Å². The number of amides is 2. The minimum Gasteiger partial charge on any atom is -0.331 e. The Bertz CT molecular complexity index is 620. The molecule has 0 aliphatic carbocycles. The molecule has 0 aliphatic rings. The molecule has 1 aromatic carbocycles. The lowest BCUT2D eigenvalue weighted by molar-refractivity contribution is 0.101. The molecule has 0 spiro atoms. The van der Waals surface area contributed by atoms with Gasteiger partial charge in [-0.15, -0.1) is 11.3 Å². The number of ketones is 1. The second-order valence-electron chi connectivity index (χ2n) is 4.31. The minimum atomic E-state index is -0.298. The Labute approximate surface area is 121 Å². The van der Waals surface area contributed by atoms with Crippen molar-refractivity contribution in [1.82, 2.24) is 10.3 Å². The highest BCUT2D eigenvalue weighted by atomic mass is 32.1. The van der Waals surface area contributed by atoms with Gasteiger partial charge in [-0.2, -0.15) is 0 Å². The Morgan fingerprint density at radius 1 is 1.25 bits per heavy atom. The number of carbonyl (C=O) groups is 2. The normalized spacial score (nSPS) is 10.1. The number of Topliss-reactive ketones (excluding diaryl/α,β-unsaturated/α-hetero) is 1. The SMILES string of the molecule is CC(=O)c1ccc(NC(=O)NCc2ncc(C)s2)cc1. The first-order chi connectivity index (χ1) is 9.54. The molecule has 2 rings (SSSR count). The van der Waals surface area contributed by atoms with E-state index in [4.69, 9.17) is 0 Å². The van der Waals surface area contributed by atoms with Crippen molar-refractivity contribution in [2.75, 3.05) is 5.32 Å². The van der Waals surface area contributed by atoms with E-state index in [9.17, 15) is 9.59 Å². The number of benzene rings is 1. The summed E-state index contributed by atoms with van der Waals surface area (Å²) in [5.41, 5.74) is 1.26. The molecule has 6 heteroatoms. The van der Waals surface area contributed by atoms with Crippen LogP contribution in [-0.4, -0.2) is 16.8 Å². The molecule has 0 saturated carbocycles. The van der Waals surface area contributed by atoms with Gasteiger partial charge in [0.05, 0.1) is 6.54 Å². The van der Waals surface area contributed by atoms with Crippen LogP contribution in [0.5, 0.6) is 0 Å². The summed E-state index contributed by atoms with van der Waals surface area (Å²) in [5.74, 6) is 0.000131. The van der Waals surface area contributed by atoms with Crippen LogP contribution in [0.15, 0.2) is 30.5 Å². The quantitative estimate of drug-likeness (QED) is 0.850. The molecule has 0 aliphatic heterocycles. The molecule has 1 aromatic heterocycles. The zero-order valence-electron chi connectivity index (χ0n) is 11.3. The Morgan fingerprint density at radius 2 is 1.95 bits per heavy atom. The summed E-state index contributed by atoms with van der Waals surface area (Å²) < 4.78 is 0. The summed E-state index contributed by atoms with van der Waals surface area (Å²) in [6.45, 7) is 3.87. The third-order valence-corrected chi connectivity index (χ3v) is 3.53. The largest absolute Gasteiger partial charge is 0.331 e.